The number of ether oxygens (including phenoxy) is 1. The molecule has 2 heterocycles. The summed E-state index contributed by atoms with van der Waals surface area (Å²) in [5.41, 5.74) is 2.01. The van der Waals surface area contributed by atoms with Crippen LogP contribution in [0.1, 0.15) is 25.0 Å². The third-order valence-electron chi connectivity index (χ3n) is 3.44. The summed E-state index contributed by atoms with van der Waals surface area (Å²) < 4.78 is 8.48. The van der Waals surface area contributed by atoms with Crippen LogP contribution in [0.4, 0.5) is 0 Å². The van der Waals surface area contributed by atoms with Crippen LogP contribution in [0.2, 0.25) is 0 Å². The molecule has 5 nitrogen and oxygen atoms in total. The highest BCUT2D eigenvalue weighted by atomic mass is 79.9. The molecule has 0 spiro atoms. The monoisotopic (exact) mass is 338 g/mol. The van der Waals surface area contributed by atoms with Crippen molar-refractivity contribution in [3.8, 4) is 0 Å². The van der Waals surface area contributed by atoms with Gasteiger partial charge < -0.3 is 10.1 Å². The van der Waals surface area contributed by atoms with Gasteiger partial charge in [-0.2, -0.15) is 0 Å². The van der Waals surface area contributed by atoms with Crippen LogP contribution in [0.15, 0.2) is 23.2 Å². The minimum atomic E-state index is 0.806. The van der Waals surface area contributed by atoms with Gasteiger partial charge in [-0.15, -0.1) is 0 Å². The minimum Gasteiger partial charge on any atom is -0.381 e. The first-order valence-electron chi connectivity index (χ1n) is 7.09. The molecule has 0 atom stereocenters. The number of fused-ring (bicyclic) bond motifs is 1. The van der Waals surface area contributed by atoms with E-state index in [1.54, 1.807) is 6.20 Å². The van der Waals surface area contributed by atoms with E-state index in [9.17, 15) is 0 Å². The Kier molecular flexibility index (Phi) is 4.65. The molecule has 1 fully saturated rings. The van der Waals surface area contributed by atoms with Gasteiger partial charge in [0, 0.05) is 26.0 Å². The fraction of sp³-hybridized carbons (Fsp3) is 0.571. The van der Waals surface area contributed by atoms with Gasteiger partial charge in [0.25, 0.3) is 0 Å². The summed E-state index contributed by atoms with van der Waals surface area (Å²) in [6.07, 6.45) is 9.36. The van der Waals surface area contributed by atoms with Gasteiger partial charge in [-0.3, -0.25) is 4.40 Å². The topological polar surface area (TPSA) is 51.5 Å². The summed E-state index contributed by atoms with van der Waals surface area (Å²) in [6, 6.07) is 0. The van der Waals surface area contributed by atoms with Crippen LogP contribution in [0.3, 0.4) is 0 Å². The van der Waals surface area contributed by atoms with Gasteiger partial charge in [-0.1, -0.05) is 0 Å². The Morgan fingerprint density at radius 1 is 1.35 bits per heavy atom. The number of halogens is 1. The van der Waals surface area contributed by atoms with Gasteiger partial charge in [-0.25, -0.2) is 9.97 Å². The Labute approximate surface area is 126 Å². The maximum Gasteiger partial charge on any atom is 0.155 e. The van der Waals surface area contributed by atoms with Crippen molar-refractivity contribution < 1.29 is 4.74 Å². The Bertz CT molecular complexity index is 567. The largest absolute Gasteiger partial charge is 0.381 e. The summed E-state index contributed by atoms with van der Waals surface area (Å²) in [5.74, 6) is 0.855. The third-order valence-corrected chi connectivity index (χ3v) is 3.85. The van der Waals surface area contributed by atoms with E-state index in [2.05, 4.69) is 31.2 Å². The lowest BCUT2D eigenvalue weighted by molar-refractivity contribution is 0.122. The van der Waals surface area contributed by atoms with Crippen LogP contribution in [0, 0.1) is 5.92 Å². The molecule has 0 saturated heterocycles. The smallest absolute Gasteiger partial charge is 0.155 e. The lowest BCUT2D eigenvalue weighted by Gasteiger charge is -2.06. The Morgan fingerprint density at radius 2 is 2.25 bits per heavy atom. The molecule has 2 aromatic heterocycles. The van der Waals surface area contributed by atoms with Gasteiger partial charge in [0.1, 0.15) is 4.60 Å². The summed E-state index contributed by atoms with van der Waals surface area (Å²) in [5, 5.41) is 3.43. The van der Waals surface area contributed by atoms with E-state index >= 15 is 0 Å². The number of hydrogen-bond donors (Lipinski definition) is 1. The number of aromatic nitrogens is 3. The number of nitrogens with zero attached hydrogens (tertiary/aromatic N) is 3. The highest BCUT2D eigenvalue weighted by Gasteiger charge is 2.20. The van der Waals surface area contributed by atoms with Crippen molar-refractivity contribution in [1.82, 2.24) is 19.7 Å². The van der Waals surface area contributed by atoms with Gasteiger partial charge in [-0.05, 0) is 47.7 Å². The lowest BCUT2D eigenvalue weighted by atomic mass is 10.4. The molecule has 108 valence electrons. The molecule has 0 unspecified atom stereocenters. The molecule has 0 amide bonds. The molecule has 1 saturated carbocycles. The van der Waals surface area contributed by atoms with Crippen LogP contribution in [0.5, 0.6) is 0 Å². The molecular weight excluding hydrogens is 320 g/mol. The molecule has 1 N–H and O–H groups in total. The first-order valence-corrected chi connectivity index (χ1v) is 7.88. The van der Waals surface area contributed by atoms with E-state index in [-0.39, 0.29) is 0 Å². The standard InChI is InChI=1S/C14H19BrN4O/c15-13-9-19-12(7-18-14(19)8-17-13)6-16-4-1-5-20-10-11-2-3-11/h7-9,11,16H,1-6,10H2. The molecule has 3 rings (SSSR count). The lowest BCUT2D eigenvalue weighted by Crippen LogP contribution is -2.17. The van der Waals surface area contributed by atoms with Gasteiger partial charge in [0.2, 0.25) is 0 Å². The second kappa shape index (κ2) is 6.65. The zero-order valence-electron chi connectivity index (χ0n) is 11.4. The number of nitrogens with one attached hydrogen (secondary N) is 1. The van der Waals surface area contributed by atoms with Gasteiger partial charge in [0.15, 0.2) is 5.65 Å². The van der Waals surface area contributed by atoms with Crippen LogP contribution in [-0.4, -0.2) is 34.1 Å². The van der Waals surface area contributed by atoms with Crippen molar-refractivity contribution in [1.29, 1.82) is 0 Å². The minimum absolute atomic E-state index is 0.806. The molecule has 1 aliphatic rings. The predicted octanol–water partition coefficient (Wildman–Crippen LogP) is 2.40. The SMILES string of the molecule is Brc1cn2c(CNCCCOCC3CC3)cnc2cn1. The summed E-state index contributed by atoms with van der Waals surface area (Å²) >= 11 is 3.38. The van der Waals surface area contributed by atoms with Crippen LogP contribution in [-0.2, 0) is 11.3 Å². The predicted molar refractivity (Wildman–Crippen MR) is 80.6 cm³/mol. The van der Waals surface area contributed by atoms with E-state index in [4.69, 9.17) is 4.74 Å². The molecule has 0 aliphatic heterocycles. The number of imidazole rings is 1. The number of hydrogen-bond acceptors (Lipinski definition) is 4. The second-order valence-electron chi connectivity index (χ2n) is 5.24. The fourth-order valence-electron chi connectivity index (χ4n) is 2.10. The van der Waals surface area contributed by atoms with Crippen molar-refractivity contribution in [2.45, 2.75) is 25.8 Å². The zero-order chi connectivity index (χ0) is 13.8. The second-order valence-corrected chi connectivity index (χ2v) is 6.05. The van der Waals surface area contributed by atoms with Crippen LogP contribution < -0.4 is 5.32 Å². The third kappa shape index (κ3) is 3.77. The Hall–Kier alpha value is -0.980. The Morgan fingerprint density at radius 3 is 3.10 bits per heavy atom. The van der Waals surface area contributed by atoms with Crippen LogP contribution >= 0.6 is 15.9 Å². The van der Waals surface area contributed by atoms with Gasteiger partial charge in [0.05, 0.1) is 18.1 Å². The van der Waals surface area contributed by atoms with Crippen molar-refractivity contribution >= 4 is 21.6 Å². The first-order chi connectivity index (χ1) is 9.83. The maximum absolute atomic E-state index is 5.61. The highest BCUT2D eigenvalue weighted by molar-refractivity contribution is 9.10. The fourth-order valence-corrected chi connectivity index (χ4v) is 2.40. The quantitative estimate of drug-likeness (QED) is 0.751. The molecule has 6 heteroatoms. The molecule has 0 aromatic carbocycles. The number of rotatable bonds is 8. The van der Waals surface area contributed by atoms with Gasteiger partial charge >= 0.3 is 0 Å². The summed E-state index contributed by atoms with van der Waals surface area (Å²) in [6.45, 7) is 3.57. The molecule has 2 aromatic rings. The van der Waals surface area contributed by atoms with E-state index in [0.717, 1.165) is 54.6 Å². The molecule has 20 heavy (non-hydrogen) atoms. The van der Waals surface area contributed by atoms with Crippen molar-refractivity contribution in [3.63, 3.8) is 0 Å². The average molecular weight is 339 g/mol. The summed E-state index contributed by atoms with van der Waals surface area (Å²) in [7, 11) is 0. The van der Waals surface area contributed by atoms with Crippen molar-refractivity contribution in [3.05, 3.63) is 28.9 Å². The molecule has 0 bridgehead atoms. The maximum atomic E-state index is 5.61. The molecule has 0 radical (unpaired) electrons. The van der Waals surface area contributed by atoms with E-state index in [1.165, 1.54) is 12.8 Å². The van der Waals surface area contributed by atoms with Crippen LogP contribution in [0.25, 0.3) is 5.65 Å². The van der Waals surface area contributed by atoms with E-state index < -0.39 is 0 Å². The van der Waals surface area contributed by atoms with E-state index in [0.29, 0.717) is 0 Å². The Balaban J connectivity index is 1.39. The highest BCUT2D eigenvalue weighted by Crippen LogP contribution is 2.28. The van der Waals surface area contributed by atoms with E-state index in [1.807, 2.05) is 16.8 Å². The van der Waals surface area contributed by atoms with Crippen molar-refractivity contribution in [2.75, 3.05) is 19.8 Å². The normalized spacial score (nSPS) is 15.1. The first kappa shape index (κ1) is 14.0. The molecular formula is C14H19BrN4O. The molecule has 1 aliphatic carbocycles. The zero-order valence-corrected chi connectivity index (χ0v) is 13.0. The van der Waals surface area contributed by atoms with Crippen molar-refractivity contribution in [2.24, 2.45) is 5.92 Å². The average Bonchev–Trinajstić information content (AvgIpc) is 3.19. The summed E-state index contributed by atoms with van der Waals surface area (Å²) in [4.78, 5) is 8.50.